The van der Waals surface area contributed by atoms with Crippen LogP contribution in [0.3, 0.4) is 0 Å². The minimum atomic E-state index is -0.554. The van der Waals surface area contributed by atoms with E-state index in [1.807, 2.05) is 6.92 Å². The lowest BCUT2D eigenvalue weighted by atomic mass is 9.86. The van der Waals surface area contributed by atoms with Crippen LogP contribution in [0.4, 0.5) is 0 Å². The van der Waals surface area contributed by atoms with Crippen molar-refractivity contribution in [3.8, 4) is 0 Å². The van der Waals surface area contributed by atoms with Gasteiger partial charge in [-0.1, -0.05) is 13.8 Å². The topological polar surface area (TPSA) is 79.5 Å². The van der Waals surface area contributed by atoms with Gasteiger partial charge < -0.3 is 20.7 Å². The Kier molecular flexibility index (Phi) is 6.41. The summed E-state index contributed by atoms with van der Waals surface area (Å²) < 4.78 is 5.76. The average Bonchev–Trinajstić information content (AvgIpc) is 2.65. The van der Waals surface area contributed by atoms with Crippen LogP contribution >= 0.6 is 0 Å². The van der Waals surface area contributed by atoms with Gasteiger partial charge in [-0.25, -0.2) is 0 Å². The number of carbonyl (C=O) groups is 2. The maximum Gasteiger partial charge on any atom is 0.309 e. The maximum atomic E-state index is 12.1. The fourth-order valence-corrected chi connectivity index (χ4v) is 3.45. The summed E-state index contributed by atoms with van der Waals surface area (Å²) in [6, 6.07) is 0.0456. The summed E-state index contributed by atoms with van der Waals surface area (Å²) in [6.07, 6.45) is 5.11. The largest absolute Gasteiger partial charge is 0.373 e. The third-order valence-corrected chi connectivity index (χ3v) is 4.67. The van der Waals surface area contributed by atoms with Gasteiger partial charge in [0.2, 0.25) is 0 Å². The number of hydrogen-bond donors (Lipinski definition) is 3. The van der Waals surface area contributed by atoms with Crippen LogP contribution in [-0.4, -0.2) is 49.7 Å². The van der Waals surface area contributed by atoms with Gasteiger partial charge in [-0.3, -0.25) is 9.59 Å². The fourth-order valence-electron chi connectivity index (χ4n) is 3.45. The van der Waals surface area contributed by atoms with Crippen molar-refractivity contribution < 1.29 is 14.3 Å². The molecule has 3 unspecified atom stereocenters. The van der Waals surface area contributed by atoms with E-state index in [4.69, 9.17) is 4.74 Å². The van der Waals surface area contributed by atoms with Crippen LogP contribution < -0.4 is 16.0 Å². The third-order valence-electron chi connectivity index (χ3n) is 4.67. The SMILES string of the molecule is CC1CCCC(CNC(=O)C(=O)NC2CCNCC(C)(C)C2)O1. The first-order chi connectivity index (χ1) is 10.9. The van der Waals surface area contributed by atoms with Crippen molar-refractivity contribution in [2.24, 2.45) is 5.41 Å². The van der Waals surface area contributed by atoms with Crippen LogP contribution in [0.15, 0.2) is 0 Å². The maximum absolute atomic E-state index is 12.1. The second-order valence-electron chi connectivity index (χ2n) is 7.71. The Hall–Kier alpha value is -1.14. The lowest BCUT2D eigenvalue weighted by Gasteiger charge is -2.28. The highest BCUT2D eigenvalue weighted by atomic mass is 16.5. The molecule has 2 amide bonds. The molecule has 0 aliphatic carbocycles. The summed E-state index contributed by atoms with van der Waals surface area (Å²) >= 11 is 0. The zero-order valence-electron chi connectivity index (χ0n) is 14.6. The lowest BCUT2D eigenvalue weighted by Crippen LogP contribution is -2.48. The van der Waals surface area contributed by atoms with Gasteiger partial charge in [0, 0.05) is 19.1 Å². The van der Waals surface area contributed by atoms with Gasteiger partial charge in [0.15, 0.2) is 0 Å². The van der Waals surface area contributed by atoms with Crippen molar-refractivity contribution in [1.29, 1.82) is 0 Å². The van der Waals surface area contributed by atoms with Crippen molar-refractivity contribution in [2.75, 3.05) is 19.6 Å². The van der Waals surface area contributed by atoms with Gasteiger partial charge in [0.25, 0.3) is 0 Å². The zero-order chi connectivity index (χ0) is 16.9. The summed E-state index contributed by atoms with van der Waals surface area (Å²) in [5.41, 5.74) is 0.122. The van der Waals surface area contributed by atoms with Gasteiger partial charge in [-0.15, -0.1) is 0 Å². The second-order valence-corrected chi connectivity index (χ2v) is 7.71. The van der Waals surface area contributed by atoms with Crippen molar-refractivity contribution in [2.45, 2.75) is 71.1 Å². The molecule has 3 atom stereocenters. The molecule has 23 heavy (non-hydrogen) atoms. The van der Waals surface area contributed by atoms with Crippen LogP contribution in [0, 0.1) is 5.41 Å². The van der Waals surface area contributed by atoms with Crippen molar-refractivity contribution >= 4 is 11.8 Å². The Morgan fingerprint density at radius 2 is 2.00 bits per heavy atom. The van der Waals surface area contributed by atoms with Crippen LogP contribution in [-0.2, 0) is 14.3 Å². The molecule has 0 aromatic carbocycles. The van der Waals surface area contributed by atoms with Gasteiger partial charge in [-0.2, -0.15) is 0 Å². The predicted octanol–water partition coefficient (Wildman–Crippen LogP) is 0.955. The minimum Gasteiger partial charge on any atom is -0.373 e. The van der Waals surface area contributed by atoms with Crippen LogP contribution in [0.5, 0.6) is 0 Å². The second kappa shape index (κ2) is 8.11. The first-order valence-corrected chi connectivity index (χ1v) is 8.80. The van der Waals surface area contributed by atoms with Crippen LogP contribution in [0.1, 0.15) is 52.9 Å². The van der Waals surface area contributed by atoms with E-state index in [0.717, 1.165) is 45.2 Å². The highest BCUT2D eigenvalue weighted by Crippen LogP contribution is 2.24. The van der Waals surface area contributed by atoms with E-state index in [1.165, 1.54) is 0 Å². The van der Waals surface area contributed by atoms with Crippen molar-refractivity contribution in [3.63, 3.8) is 0 Å². The standard InChI is InChI=1S/C17H31N3O3/c1-12-5-4-6-14(23-12)10-19-15(21)16(22)20-13-7-8-18-11-17(2,3)9-13/h12-14,18H,4-11H2,1-3H3,(H,19,21)(H,20,22). The molecule has 2 saturated heterocycles. The van der Waals surface area contributed by atoms with E-state index in [1.54, 1.807) is 0 Å². The minimum absolute atomic E-state index is 0.0245. The quantitative estimate of drug-likeness (QED) is 0.675. The van der Waals surface area contributed by atoms with Gasteiger partial charge in [0.1, 0.15) is 0 Å². The third kappa shape index (κ3) is 6.11. The van der Waals surface area contributed by atoms with E-state index in [0.29, 0.717) is 6.54 Å². The van der Waals surface area contributed by atoms with E-state index in [-0.39, 0.29) is 23.7 Å². The number of hydrogen-bond acceptors (Lipinski definition) is 4. The molecule has 2 heterocycles. The Labute approximate surface area is 139 Å². The van der Waals surface area contributed by atoms with E-state index in [9.17, 15) is 9.59 Å². The Morgan fingerprint density at radius 3 is 2.74 bits per heavy atom. The van der Waals surface area contributed by atoms with Crippen LogP contribution in [0.25, 0.3) is 0 Å². The van der Waals surface area contributed by atoms with Crippen LogP contribution in [0.2, 0.25) is 0 Å². The molecular formula is C17H31N3O3. The summed E-state index contributed by atoms with van der Waals surface area (Å²) in [5.74, 6) is -1.08. The molecule has 2 fully saturated rings. The van der Waals surface area contributed by atoms with Gasteiger partial charge >= 0.3 is 11.8 Å². The Bertz CT molecular complexity index is 425. The molecule has 0 radical (unpaired) electrons. The fraction of sp³-hybridized carbons (Fsp3) is 0.882. The first kappa shape index (κ1) is 18.2. The lowest BCUT2D eigenvalue weighted by molar-refractivity contribution is -0.140. The smallest absolute Gasteiger partial charge is 0.309 e. The molecule has 2 aliphatic rings. The van der Waals surface area contributed by atoms with E-state index >= 15 is 0 Å². The molecule has 0 bridgehead atoms. The molecule has 2 aliphatic heterocycles. The highest BCUT2D eigenvalue weighted by molar-refractivity contribution is 6.35. The molecule has 3 N–H and O–H groups in total. The molecule has 6 heteroatoms. The van der Waals surface area contributed by atoms with E-state index < -0.39 is 11.8 Å². The van der Waals surface area contributed by atoms with Crippen molar-refractivity contribution in [3.05, 3.63) is 0 Å². The molecule has 0 saturated carbocycles. The summed E-state index contributed by atoms with van der Waals surface area (Å²) in [7, 11) is 0. The molecular weight excluding hydrogens is 294 g/mol. The molecule has 0 spiro atoms. The Balaban J connectivity index is 1.74. The molecule has 2 rings (SSSR count). The Morgan fingerprint density at radius 1 is 1.22 bits per heavy atom. The van der Waals surface area contributed by atoms with Gasteiger partial charge in [-0.05, 0) is 51.0 Å². The number of nitrogens with one attached hydrogen (secondary N) is 3. The number of ether oxygens (including phenoxy) is 1. The average molecular weight is 325 g/mol. The van der Waals surface area contributed by atoms with Gasteiger partial charge in [0.05, 0.1) is 12.2 Å². The number of carbonyl (C=O) groups excluding carboxylic acids is 2. The summed E-state index contributed by atoms with van der Waals surface area (Å²) in [5, 5.41) is 8.96. The molecule has 0 aromatic heterocycles. The molecule has 0 aromatic rings. The summed E-state index contributed by atoms with van der Waals surface area (Å²) in [6.45, 7) is 8.60. The first-order valence-electron chi connectivity index (χ1n) is 8.80. The normalized spacial score (nSPS) is 31.0. The van der Waals surface area contributed by atoms with Crippen molar-refractivity contribution in [1.82, 2.24) is 16.0 Å². The molecule has 132 valence electrons. The van der Waals surface area contributed by atoms with E-state index in [2.05, 4.69) is 29.8 Å². The predicted molar refractivity (Wildman–Crippen MR) is 89.0 cm³/mol. The number of rotatable bonds is 3. The monoisotopic (exact) mass is 325 g/mol. The highest BCUT2D eigenvalue weighted by Gasteiger charge is 2.28. The molecule has 6 nitrogen and oxygen atoms in total. The number of amides is 2. The summed E-state index contributed by atoms with van der Waals surface area (Å²) in [4.78, 5) is 24.1. The zero-order valence-corrected chi connectivity index (χ0v) is 14.6.